The molecule has 1 aromatic carbocycles. The van der Waals surface area contributed by atoms with E-state index in [0.717, 1.165) is 17.4 Å². The van der Waals surface area contributed by atoms with E-state index >= 15 is 0 Å². The molecule has 0 spiro atoms. The predicted molar refractivity (Wildman–Crippen MR) is 74.7 cm³/mol. The quantitative estimate of drug-likeness (QED) is 0.588. The van der Waals surface area contributed by atoms with E-state index in [1.165, 1.54) is 35.7 Å². The van der Waals surface area contributed by atoms with Crippen LogP contribution in [0.1, 0.15) is 42.7 Å². The smallest absolute Gasteiger partial charge is 0.0991 e. The number of benzene rings is 1. The van der Waals surface area contributed by atoms with E-state index in [4.69, 9.17) is 5.26 Å². The second-order valence-electron chi connectivity index (χ2n) is 4.61. The van der Waals surface area contributed by atoms with E-state index in [1.807, 2.05) is 12.1 Å². The Balaban J connectivity index is 2.00. The molecule has 1 aliphatic rings. The Bertz CT molecular complexity index is 369. The second-order valence-corrected chi connectivity index (χ2v) is 5.49. The zero-order chi connectivity index (χ0) is 11.4. The van der Waals surface area contributed by atoms with Gasteiger partial charge in [0, 0.05) is 4.43 Å². The Hall–Kier alpha value is -0.560. The Morgan fingerprint density at radius 1 is 1.12 bits per heavy atom. The molecule has 0 aliphatic heterocycles. The summed E-state index contributed by atoms with van der Waals surface area (Å²) in [5, 5.41) is 8.75. The molecule has 0 bridgehead atoms. The monoisotopic (exact) mass is 325 g/mol. The van der Waals surface area contributed by atoms with Crippen LogP contribution in [-0.4, -0.2) is 4.43 Å². The summed E-state index contributed by atoms with van der Waals surface area (Å²) in [6.45, 7) is 0. The van der Waals surface area contributed by atoms with Gasteiger partial charge in [-0.3, -0.25) is 0 Å². The fourth-order valence-corrected chi connectivity index (χ4v) is 3.36. The summed E-state index contributed by atoms with van der Waals surface area (Å²) >= 11 is 2.50. The van der Waals surface area contributed by atoms with Crippen molar-refractivity contribution in [2.45, 2.75) is 31.6 Å². The summed E-state index contributed by atoms with van der Waals surface area (Å²) in [4.78, 5) is 0. The van der Waals surface area contributed by atoms with Crippen molar-refractivity contribution in [1.82, 2.24) is 0 Å². The maximum atomic E-state index is 8.75. The fourth-order valence-electron chi connectivity index (χ4n) is 2.48. The van der Waals surface area contributed by atoms with E-state index in [-0.39, 0.29) is 0 Å². The molecule has 1 nitrogen and oxygen atoms in total. The molecule has 1 aliphatic carbocycles. The van der Waals surface area contributed by atoms with Gasteiger partial charge >= 0.3 is 0 Å². The van der Waals surface area contributed by atoms with Gasteiger partial charge in [0.05, 0.1) is 11.6 Å². The van der Waals surface area contributed by atoms with Crippen LogP contribution in [0.25, 0.3) is 0 Å². The van der Waals surface area contributed by atoms with Gasteiger partial charge in [0.25, 0.3) is 0 Å². The molecule has 0 unspecified atom stereocenters. The average Bonchev–Trinajstić information content (AvgIpc) is 2.39. The zero-order valence-electron chi connectivity index (χ0n) is 9.32. The summed E-state index contributed by atoms with van der Waals surface area (Å²) in [5.41, 5.74) is 2.19. The third-order valence-corrected chi connectivity index (χ3v) is 4.82. The maximum absolute atomic E-state index is 8.75. The van der Waals surface area contributed by atoms with Crippen molar-refractivity contribution in [2.24, 2.45) is 5.92 Å². The van der Waals surface area contributed by atoms with E-state index in [9.17, 15) is 0 Å². The van der Waals surface area contributed by atoms with E-state index < -0.39 is 0 Å². The summed E-state index contributed by atoms with van der Waals surface area (Å²) in [6, 6.07) is 10.3. The fraction of sp³-hybridized carbons (Fsp3) is 0.500. The van der Waals surface area contributed by atoms with Gasteiger partial charge in [0.2, 0.25) is 0 Å². The number of rotatable bonds is 2. The van der Waals surface area contributed by atoms with Crippen LogP contribution in [0.4, 0.5) is 0 Å². The largest absolute Gasteiger partial charge is 0.192 e. The topological polar surface area (TPSA) is 23.8 Å². The Morgan fingerprint density at radius 3 is 2.25 bits per heavy atom. The molecule has 0 amide bonds. The minimum atomic E-state index is 0.729. The Labute approximate surface area is 111 Å². The zero-order valence-corrected chi connectivity index (χ0v) is 11.5. The van der Waals surface area contributed by atoms with E-state index in [2.05, 4.69) is 40.8 Å². The first-order valence-electron chi connectivity index (χ1n) is 5.89. The molecule has 0 heterocycles. The first kappa shape index (κ1) is 11.9. The maximum Gasteiger partial charge on any atom is 0.0991 e. The number of hydrogen-bond donors (Lipinski definition) is 0. The van der Waals surface area contributed by atoms with Crippen molar-refractivity contribution < 1.29 is 0 Å². The molecule has 0 aromatic heterocycles. The number of alkyl halides is 1. The lowest BCUT2D eigenvalue weighted by Gasteiger charge is -2.27. The molecular formula is C14H16IN. The van der Waals surface area contributed by atoms with Crippen LogP contribution in [0, 0.1) is 17.2 Å². The summed E-state index contributed by atoms with van der Waals surface area (Å²) in [7, 11) is 0. The average molecular weight is 325 g/mol. The highest BCUT2D eigenvalue weighted by atomic mass is 127. The van der Waals surface area contributed by atoms with Gasteiger partial charge in [-0.1, -0.05) is 34.7 Å². The van der Waals surface area contributed by atoms with E-state index in [0.29, 0.717) is 0 Å². The van der Waals surface area contributed by atoms with Crippen molar-refractivity contribution in [3.05, 3.63) is 35.4 Å². The van der Waals surface area contributed by atoms with E-state index in [1.54, 1.807) is 0 Å². The molecule has 0 radical (unpaired) electrons. The standard InChI is InChI=1S/C14H16IN/c15-9-11-1-5-13(6-2-11)14-7-3-12(10-16)4-8-14/h3-4,7-8,11,13H,1-2,5-6,9H2/t11-,13-. The van der Waals surface area contributed by atoms with Gasteiger partial charge in [-0.2, -0.15) is 5.26 Å². The third-order valence-electron chi connectivity index (χ3n) is 3.58. The molecule has 1 fully saturated rings. The lowest BCUT2D eigenvalue weighted by molar-refractivity contribution is 0.356. The van der Waals surface area contributed by atoms with Gasteiger partial charge in [-0.15, -0.1) is 0 Å². The van der Waals surface area contributed by atoms with Crippen LogP contribution in [0.5, 0.6) is 0 Å². The van der Waals surface area contributed by atoms with Crippen molar-refractivity contribution in [2.75, 3.05) is 4.43 Å². The van der Waals surface area contributed by atoms with Crippen molar-refractivity contribution >= 4 is 22.6 Å². The number of hydrogen-bond acceptors (Lipinski definition) is 1. The molecule has 84 valence electrons. The third kappa shape index (κ3) is 2.76. The molecule has 0 N–H and O–H groups in total. The lowest BCUT2D eigenvalue weighted by Crippen LogP contribution is -2.14. The number of halogens is 1. The van der Waals surface area contributed by atoms with Crippen LogP contribution in [0.3, 0.4) is 0 Å². The Kier molecular flexibility index (Phi) is 4.22. The van der Waals surface area contributed by atoms with Gasteiger partial charge in [-0.25, -0.2) is 0 Å². The van der Waals surface area contributed by atoms with Gasteiger partial charge < -0.3 is 0 Å². The lowest BCUT2D eigenvalue weighted by atomic mass is 9.79. The molecule has 1 aromatic rings. The Morgan fingerprint density at radius 2 is 1.75 bits per heavy atom. The highest BCUT2D eigenvalue weighted by Gasteiger charge is 2.21. The number of nitriles is 1. The highest BCUT2D eigenvalue weighted by Crippen LogP contribution is 2.36. The normalized spacial score (nSPS) is 25.0. The highest BCUT2D eigenvalue weighted by molar-refractivity contribution is 14.1. The van der Waals surface area contributed by atoms with Crippen LogP contribution in [0.15, 0.2) is 24.3 Å². The molecule has 1 saturated carbocycles. The molecular weight excluding hydrogens is 309 g/mol. The summed E-state index contributed by atoms with van der Waals surface area (Å²) in [6.07, 6.45) is 5.38. The number of nitrogens with zero attached hydrogens (tertiary/aromatic N) is 1. The molecule has 0 atom stereocenters. The first-order valence-corrected chi connectivity index (χ1v) is 7.42. The molecule has 2 rings (SSSR count). The van der Waals surface area contributed by atoms with Gasteiger partial charge in [0.15, 0.2) is 0 Å². The van der Waals surface area contributed by atoms with Crippen LogP contribution < -0.4 is 0 Å². The molecule has 16 heavy (non-hydrogen) atoms. The predicted octanol–water partition coefficient (Wildman–Crippen LogP) is 4.27. The molecule has 2 heteroatoms. The minimum absolute atomic E-state index is 0.729. The SMILES string of the molecule is N#Cc1ccc([C@H]2CC[C@H](CI)CC2)cc1. The van der Waals surface area contributed by atoms with Gasteiger partial charge in [-0.05, 0) is 55.2 Å². The van der Waals surface area contributed by atoms with Crippen LogP contribution >= 0.6 is 22.6 Å². The van der Waals surface area contributed by atoms with Gasteiger partial charge in [0.1, 0.15) is 0 Å². The van der Waals surface area contributed by atoms with Crippen LogP contribution in [-0.2, 0) is 0 Å². The summed E-state index contributed by atoms with van der Waals surface area (Å²) in [5.74, 6) is 1.67. The first-order chi connectivity index (χ1) is 7.83. The van der Waals surface area contributed by atoms with Crippen molar-refractivity contribution in [3.8, 4) is 6.07 Å². The van der Waals surface area contributed by atoms with Crippen LogP contribution in [0.2, 0.25) is 0 Å². The summed E-state index contributed by atoms with van der Waals surface area (Å²) < 4.78 is 1.30. The van der Waals surface area contributed by atoms with Crippen molar-refractivity contribution in [3.63, 3.8) is 0 Å². The molecule has 0 saturated heterocycles. The second kappa shape index (κ2) is 5.67. The minimum Gasteiger partial charge on any atom is -0.192 e. The van der Waals surface area contributed by atoms with Crippen molar-refractivity contribution in [1.29, 1.82) is 5.26 Å².